The molecule has 2 heterocycles. The third-order valence-corrected chi connectivity index (χ3v) is 15.0. The Balaban J connectivity index is 0.905. The van der Waals surface area contributed by atoms with Crippen LogP contribution in [0.1, 0.15) is 49.9 Å². The molecule has 0 N–H and O–H groups in total. The zero-order valence-corrected chi connectivity index (χ0v) is 40.6. The van der Waals surface area contributed by atoms with Crippen LogP contribution in [-0.2, 0) is 10.8 Å². The number of hydrogen-bond acceptors (Lipinski definition) is 5. The molecule has 0 aliphatic heterocycles. The number of hydrogen-bond donors (Lipinski definition) is 0. The molecule has 2 aromatic heterocycles. The molecule has 0 fully saturated rings. The standard InChI is InChI=1S/C67H49N5/c1-66(2)56-27-13-11-25-52(56)54-35-33-50(39-58(54)66)64-70-63(71-65(72-64)51-34-36-55-53-26-12-14-28-57(53)67(3,4)59(55)40-51)49-24-16-22-47(38-49)46-21-15-23-48(37-46)61-41-60(44-19-9-6-10-20-44)68-62(69-61)45-31-29-43(30-32-45)42-17-7-5-8-18-42/h5-41H,1-4H3. The molecule has 0 saturated heterocycles. The summed E-state index contributed by atoms with van der Waals surface area (Å²) in [5, 5.41) is 0. The van der Waals surface area contributed by atoms with E-state index in [-0.39, 0.29) is 10.8 Å². The van der Waals surface area contributed by atoms with Crippen LogP contribution in [-0.4, -0.2) is 24.9 Å². The van der Waals surface area contributed by atoms with Gasteiger partial charge in [0.25, 0.3) is 0 Å². The van der Waals surface area contributed by atoms with Crippen LogP contribution >= 0.6 is 0 Å². The summed E-state index contributed by atoms with van der Waals surface area (Å²) in [7, 11) is 0. The summed E-state index contributed by atoms with van der Waals surface area (Å²) in [4.78, 5) is 26.3. The van der Waals surface area contributed by atoms with Gasteiger partial charge in [0, 0.05) is 44.2 Å². The second-order valence-corrected chi connectivity index (χ2v) is 20.1. The lowest BCUT2D eigenvalue weighted by Crippen LogP contribution is -2.15. The van der Waals surface area contributed by atoms with Gasteiger partial charge in [0.1, 0.15) is 0 Å². The Hall–Kier alpha value is -8.93. The Morgan fingerprint density at radius 2 is 0.569 bits per heavy atom. The summed E-state index contributed by atoms with van der Waals surface area (Å²) in [6, 6.07) is 79.5. The molecular formula is C67H49N5. The Kier molecular flexibility index (Phi) is 10.1. The molecular weight excluding hydrogens is 875 g/mol. The molecule has 0 spiro atoms. The van der Waals surface area contributed by atoms with E-state index in [1.54, 1.807) is 0 Å². The van der Waals surface area contributed by atoms with Gasteiger partial charge >= 0.3 is 0 Å². The van der Waals surface area contributed by atoms with E-state index in [9.17, 15) is 0 Å². The van der Waals surface area contributed by atoms with Crippen LogP contribution in [0.3, 0.4) is 0 Å². The Morgan fingerprint density at radius 1 is 0.222 bits per heavy atom. The SMILES string of the molecule is CC1(C)c2ccccc2-c2ccc(-c3nc(-c4cccc(-c5cccc(-c6cc(-c7ccccc7)nc(-c7ccc(-c8ccccc8)cc7)n6)c5)c4)nc(-c4ccc5c(c4)C(C)(C)c4ccccc4-5)n3)cc21. The van der Waals surface area contributed by atoms with Crippen molar-refractivity contribution in [2.75, 3.05) is 0 Å². The van der Waals surface area contributed by atoms with E-state index < -0.39 is 0 Å². The summed E-state index contributed by atoms with van der Waals surface area (Å²) >= 11 is 0. The average molecular weight is 924 g/mol. The van der Waals surface area contributed by atoms with Crippen molar-refractivity contribution in [2.45, 2.75) is 38.5 Å². The summed E-state index contributed by atoms with van der Waals surface area (Å²) in [6.45, 7) is 9.25. The largest absolute Gasteiger partial charge is 0.228 e. The summed E-state index contributed by atoms with van der Waals surface area (Å²) in [6.07, 6.45) is 0. The van der Waals surface area contributed by atoms with Crippen LogP contribution in [0.4, 0.5) is 0 Å². The second-order valence-electron chi connectivity index (χ2n) is 20.1. The normalized spacial score (nSPS) is 13.5. The van der Waals surface area contributed by atoms with Gasteiger partial charge in [-0.25, -0.2) is 24.9 Å². The molecule has 0 atom stereocenters. The van der Waals surface area contributed by atoms with E-state index in [0.29, 0.717) is 23.3 Å². The fraction of sp³-hybridized carbons (Fsp3) is 0.0896. The van der Waals surface area contributed by atoms with Gasteiger partial charge in [-0.3, -0.25) is 0 Å². The fourth-order valence-electron chi connectivity index (χ4n) is 11.1. The third-order valence-electron chi connectivity index (χ3n) is 15.0. The summed E-state index contributed by atoms with van der Waals surface area (Å²) in [5.41, 5.74) is 21.9. The van der Waals surface area contributed by atoms with Crippen molar-refractivity contribution in [3.63, 3.8) is 0 Å². The minimum atomic E-state index is -0.172. The number of nitrogens with zero attached hydrogens (tertiary/aromatic N) is 5. The first-order valence-electron chi connectivity index (χ1n) is 24.7. The van der Waals surface area contributed by atoms with Crippen LogP contribution in [0.2, 0.25) is 0 Å². The maximum Gasteiger partial charge on any atom is 0.164 e. The molecule has 72 heavy (non-hydrogen) atoms. The van der Waals surface area contributed by atoms with Crippen molar-refractivity contribution in [1.29, 1.82) is 0 Å². The molecule has 0 unspecified atom stereocenters. The monoisotopic (exact) mass is 923 g/mol. The molecule has 2 aliphatic rings. The van der Waals surface area contributed by atoms with E-state index in [2.05, 4.69) is 240 Å². The zero-order chi connectivity index (χ0) is 48.6. The molecule has 342 valence electrons. The first-order valence-corrected chi connectivity index (χ1v) is 24.7. The Morgan fingerprint density at radius 3 is 1.11 bits per heavy atom. The van der Waals surface area contributed by atoms with Crippen molar-refractivity contribution in [2.24, 2.45) is 0 Å². The highest BCUT2D eigenvalue weighted by Crippen LogP contribution is 2.51. The molecule has 13 rings (SSSR count). The van der Waals surface area contributed by atoms with E-state index >= 15 is 0 Å². The van der Waals surface area contributed by atoms with Gasteiger partial charge < -0.3 is 0 Å². The Bertz CT molecular complexity index is 3790. The molecule has 0 saturated carbocycles. The summed E-state index contributed by atoms with van der Waals surface area (Å²) in [5.74, 6) is 2.57. The van der Waals surface area contributed by atoms with Crippen LogP contribution in [0, 0.1) is 0 Å². The molecule has 0 radical (unpaired) electrons. The Labute approximate surface area is 420 Å². The predicted molar refractivity (Wildman–Crippen MR) is 294 cm³/mol. The van der Waals surface area contributed by atoms with Crippen molar-refractivity contribution in [3.8, 4) is 113 Å². The van der Waals surface area contributed by atoms with Gasteiger partial charge in [-0.15, -0.1) is 0 Å². The highest BCUT2D eigenvalue weighted by molar-refractivity contribution is 5.86. The number of benzene rings is 9. The minimum Gasteiger partial charge on any atom is -0.228 e. The molecule has 11 aromatic rings. The molecule has 5 nitrogen and oxygen atoms in total. The highest BCUT2D eigenvalue weighted by Gasteiger charge is 2.37. The quantitative estimate of drug-likeness (QED) is 0.152. The van der Waals surface area contributed by atoms with Gasteiger partial charge in [0.15, 0.2) is 23.3 Å². The fourth-order valence-corrected chi connectivity index (χ4v) is 11.1. The molecule has 5 heteroatoms. The lowest BCUT2D eigenvalue weighted by Gasteiger charge is -2.22. The average Bonchev–Trinajstić information content (AvgIpc) is 3.82. The highest BCUT2D eigenvalue weighted by atomic mass is 15.0. The van der Waals surface area contributed by atoms with E-state index in [4.69, 9.17) is 24.9 Å². The van der Waals surface area contributed by atoms with Gasteiger partial charge in [-0.05, 0) is 97.1 Å². The van der Waals surface area contributed by atoms with Crippen LogP contribution in [0.25, 0.3) is 113 Å². The number of rotatable bonds is 8. The van der Waals surface area contributed by atoms with Gasteiger partial charge in [-0.2, -0.15) is 0 Å². The zero-order valence-electron chi connectivity index (χ0n) is 40.6. The van der Waals surface area contributed by atoms with E-state index in [1.807, 2.05) is 12.1 Å². The third kappa shape index (κ3) is 7.36. The molecule has 2 aliphatic carbocycles. The number of aromatic nitrogens is 5. The first-order chi connectivity index (χ1) is 35.2. The van der Waals surface area contributed by atoms with Gasteiger partial charge in [0.2, 0.25) is 0 Å². The maximum atomic E-state index is 5.32. The van der Waals surface area contributed by atoms with Crippen molar-refractivity contribution in [3.05, 3.63) is 247 Å². The van der Waals surface area contributed by atoms with Gasteiger partial charge in [0.05, 0.1) is 11.4 Å². The van der Waals surface area contributed by atoms with Crippen LogP contribution < -0.4 is 0 Å². The van der Waals surface area contributed by atoms with Crippen molar-refractivity contribution in [1.82, 2.24) is 24.9 Å². The van der Waals surface area contributed by atoms with E-state index in [0.717, 1.165) is 61.5 Å². The molecule has 9 aromatic carbocycles. The minimum absolute atomic E-state index is 0.172. The van der Waals surface area contributed by atoms with Gasteiger partial charge in [-0.1, -0.05) is 222 Å². The first kappa shape index (κ1) is 43.1. The summed E-state index contributed by atoms with van der Waals surface area (Å²) < 4.78 is 0. The van der Waals surface area contributed by atoms with Crippen LogP contribution in [0.5, 0.6) is 0 Å². The maximum absolute atomic E-state index is 5.32. The predicted octanol–water partition coefficient (Wildman–Crippen LogP) is 16.6. The lowest BCUT2D eigenvalue weighted by molar-refractivity contribution is 0.660. The smallest absolute Gasteiger partial charge is 0.164 e. The van der Waals surface area contributed by atoms with E-state index in [1.165, 1.54) is 50.1 Å². The topological polar surface area (TPSA) is 64.5 Å². The van der Waals surface area contributed by atoms with Crippen molar-refractivity contribution >= 4 is 0 Å². The van der Waals surface area contributed by atoms with Crippen LogP contribution in [0.15, 0.2) is 224 Å². The molecule has 0 bridgehead atoms. The van der Waals surface area contributed by atoms with Crippen molar-refractivity contribution < 1.29 is 0 Å². The number of fused-ring (bicyclic) bond motifs is 6. The molecule has 0 amide bonds. The lowest BCUT2D eigenvalue weighted by atomic mass is 9.82. The second kappa shape index (κ2) is 16.9.